The maximum atomic E-state index is 10.9. The Hall–Kier alpha value is -4.30. The second-order valence-corrected chi connectivity index (χ2v) is 5.92. The van der Waals surface area contributed by atoms with Crippen LogP contribution in [-0.2, 0) is 25.5 Å². The van der Waals surface area contributed by atoms with Crippen molar-refractivity contribution in [1.82, 2.24) is 0 Å². The van der Waals surface area contributed by atoms with Crippen LogP contribution in [0, 0.1) is 22.7 Å². The van der Waals surface area contributed by atoms with Gasteiger partial charge < -0.3 is 20.9 Å². The Morgan fingerprint density at radius 3 is 2.13 bits per heavy atom. The van der Waals surface area contributed by atoms with Crippen molar-refractivity contribution in [2.45, 2.75) is 12.8 Å². The quantitative estimate of drug-likeness (QED) is 0.436. The lowest BCUT2D eigenvalue weighted by Crippen LogP contribution is -2.02. The van der Waals surface area contributed by atoms with Gasteiger partial charge in [0, 0.05) is 23.9 Å². The van der Waals surface area contributed by atoms with Crippen molar-refractivity contribution in [2.24, 2.45) is 0 Å². The number of esters is 2. The molecule has 0 spiro atoms. The summed E-state index contributed by atoms with van der Waals surface area (Å²) in [6.07, 6.45) is 3.71. The molecule has 0 bridgehead atoms. The van der Waals surface area contributed by atoms with E-state index in [0.29, 0.717) is 35.3 Å². The molecule has 154 valence electrons. The van der Waals surface area contributed by atoms with Gasteiger partial charge in [0.25, 0.3) is 0 Å². The number of nitrogens with zero attached hydrogens (tertiary/aromatic N) is 2. The number of hydrogen-bond acceptors (Lipinski definition) is 8. The van der Waals surface area contributed by atoms with Gasteiger partial charge in [-0.25, -0.2) is 4.79 Å². The maximum Gasteiger partial charge on any atom is 0.330 e. The molecule has 0 radical (unpaired) electrons. The highest BCUT2D eigenvalue weighted by Crippen LogP contribution is 2.15. The van der Waals surface area contributed by atoms with Gasteiger partial charge in [0.15, 0.2) is 0 Å². The van der Waals surface area contributed by atoms with E-state index >= 15 is 0 Å². The molecule has 0 amide bonds. The molecule has 0 fully saturated rings. The number of methoxy groups -OCH3 is 2. The summed E-state index contributed by atoms with van der Waals surface area (Å²) in [6, 6.07) is 14.1. The van der Waals surface area contributed by atoms with Crippen molar-refractivity contribution >= 4 is 29.4 Å². The number of anilines is 2. The summed E-state index contributed by atoms with van der Waals surface area (Å²) >= 11 is 0. The van der Waals surface area contributed by atoms with E-state index in [1.165, 1.54) is 20.3 Å². The van der Waals surface area contributed by atoms with Crippen LogP contribution in [0.2, 0.25) is 0 Å². The van der Waals surface area contributed by atoms with Crippen LogP contribution in [0.25, 0.3) is 6.08 Å². The van der Waals surface area contributed by atoms with Crippen LogP contribution >= 0.6 is 0 Å². The number of carbonyl (C=O) groups is 2. The van der Waals surface area contributed by atoms with Gasteiger partial charge in [-0.15, -0.1) is 0 Å². The Labute approximate surface area is 174 Å². The van der Waals surface area contributed by atoms with E-state index < -0.39 is 5.97 Å². The Morgan fingerprint density at radius 2 is 1.57 bits per heavy atom. The third kappa shape index (κ3) is 7.75. The molecular weight excluding hydrogens is 384 g/mol. The predicted octanol–water partition coefficient (Wildman–Crippen LogP) is 2.57. The van der Waals surface area contributed by atoms with Gasteiger partial charge in [-0.3, -0.25) is 4.79 Å². The molecule has 0 aliphatic rings. The fourth-order valence-corrected chi connectivity index (χ4v) is 2.21. The molecule has 0 saturated carbocycles. The van der Waals surface area contributed by atoms with Crippen molar-refractivity contribution in [3.05, 3.63) is 64.7 Å². The zero-order chi connectivity index (χ0) is 22.5. The molecule has 0 heterocycles. The molecule has 0 atom stereocenters. The standard InChI is InChI=1S/C11H12N2O2.C11H10N2O2/c2*1-15-11(14)5-3-8-2-4-10(13)9(6-8)7-12/h2,4,6H,3,5,13H2,1H3;2-6H,13H2,1H3/b;5-3+. The number of ether oxygens (including phenoxy) is 2. The van der Waals surface area contributed by atoms with Crippen LogP contribution in [-0.4, -0.2) is 26.2 Å². The minimum atomic E-state index is -0.440. The SMILES string of the molecule is COC(=O)/C=C/c1ccc(N)c(C#N)c1.COC(=O)CCc1ccc(N)c(C#N)c1. The van der Waals surface area contributed by atoms with Gasteiger partial charge in [-0.1, -0.05) is 12.1 Å². The first-order chi connectivity index (χ1) is 14.3. The van der Waals surface area contributed by atoms with Crippen molar-refractivity contribution in [3.8, 4) is 12.1 Å². The van der Waals surface area contributed by atoms with Gasteiger partial charge in [-0.2, -0.15) is 10.5 Å². The smallest absolute Gasteiger partial charge is 0.330 e. The summed E-state index contributed by atoms with van der Waals surface area (Å²) in [7, 11) is 2.66. The first-order valence-corrected chi connectivity index (χ1v) is 8.75. The number of nitrogens with two attached hydrogens (primary N) is 2. The van der Waals surface area contributed by atoms with E-state index in [1.54, 1.807) is 42.5 Å². The second-order valence-electron chi connectivity index (χ2n) is 5.92. The molecule has 2 rings (SSSR count). The second kappa shape index (κ2) is 12.2. The van der Waals surface area contributed by atoms with Crippen molar-refractivity contribution in [3.63, 3.8) is 0 Å². The molecule has 8 heteroatoms. The van der Waals surface area contributed by atoms with Crippen LogP contribution in [0.3, 0.4) is 0 Å². The highest BCUT2D eigenvalue weighted by Gasteiger charge is 2.04. The summed E-state index contributed by atoms with van der Waals surface area (Å²) in [5.41, 5.74) is 14.5. The summed E-state index contributed by atoms with van der Waals surface area (Å²) in [6.45, 7) is 0. The zero-order valence-electron chi connectivity index (χ0n) is 16.7. The zero-order valence-corrected chi connectivity index (χ0v) is 16.7. The number of carbonyl (C=O) groups excluding carboxylic acids is 2. The van der Waals surface area contributed by atoms with Gasteiger partial charge in [0.1, 0.15) is 12.1 Å². The van der Waals surface area contributed by atoms with Gasteiger partial charge in [-0.05, 0) is 47.9 Å². The number of hydrogen-bond donors (Lipinski definition) is 2. The van der Waals surface area contributed by atoms with Crippen molar-refractivity contribution in [2.75, 3.05) is 25.7 Å². The van der Waals surface area contributed by atoms with E-state index in [4.69, 9.17) is 22.0 Å². The maximum absolute atomic E-state index is 10.9. The summed E-state index contributed by atoms with van der Waals surface area (Å²) < 4.78 is 8.96. The largest absolute Gasteiger partial charge is 0.469 e. The van der Waals surface area contributed by atoms with Crippen LogP contribution in [0.1, 0.15) is 28.7 Å². The topological polar surface area (TPSA) is 152 Å². The number of aryl methyl sites for hydroxylation is 1. The van der Waals surface area contributed by atoms with E-state index in [-0.39, 0.29) is 5.97 Å². The van der Waals surface area contributed by atoms with Crippen LogP contribution in [0.5, 0.6) is 0 Å². The fraction of sp³-hybridized carbons (Fsp3) is 0.182. The first kappa shape index (κ1) is 23.7. The Bertz CT molecular complexity index is 1020. The summed E-state index contributed by atoms with van der Waals surface area (Å²) in [4.78, 5) is 21.7. The predicted molar refractivity (Wildman–Crippen MR) is 113 cm³/mol. The number of rotatable bonds is 5. The van der Waals surface area contributed by atoms with E-state index in [2.05, 4.69) is 9.47 Å². The first-order valence-electron chi connectivity index (χ1n) is 8.75. The number of benzene rings is 2. The lowest BCUT2D eigenvalue weighted by molar-refractivity contribution is -0.140. The molecule has 2 aromatic carbocycles. The van der Waals surface area contributed by atoms with Crippen LogP contribution in [0.15, 0.2) is 42.5 Å². The molecule has 0 unspecified atom stereocenters. The summed E-state index contributed by atoms with van der Waals surface area (Å²) in [5, 5.41) is 17.5. The molecule has 0 aromatic heterocycles. The highest BCUT2D eigenvalue weighted by atomic mass is 16.5. The third-order valence-electron chi connectivity index (χ3n) is 3.89. The Kier molecular flexibility index (Phi) is 9.67. The molecule has 4 N–H and O–H groups in total. The van der Waals surface area contributed by atoms with Gasteiger partial charge in [0.05, 0.1) is 25.3 Å². The number of nitriles is 2. The minimum absolute atomic E-state index is 0.259. The third-order valence-corrected chi connectivity index (χ3v) is 3.89. The molecule has 0 aliphatic carbocycles. The van der Waals surface area contributed by atoms with Crippen molar-refractivity contribution < 1.29 is 19.1 Å². The van der Waals surface area contributed by atoms with E-state index in [1.807, 2.05) is 12.1 Å². The average molecular weight is 406 g/mol. The highest BCUT2D eigenvalue weighted by molar-refractivity contribution is 5.87. The van der Waals surface area contributed by atoms with Crippen molar-refractivity contribution in [1.29, 1.82) is 10.5 Å². The van der Waals surface area contributed by atoms with Gasteiger partial charge in [0.2, 0.25) is 0 Å². The molecule has 8 nitrogen and oxygen atoms in total. The normalized spacial score (nSPS) is 9.60. The fourth-order valence-electron chi connectivity index (χ4n) is 2.21. The molecular formula is C22H22N4O4. The molecule has 2 aromatic rings. The molecule has 30 heavy (non-hydrogen) atoms. The Morgan fingerprint density at radius 1 is 0.967 bits per heavy atom. The Balaban J connectivity index is 0.000000300. The van der Waals surface area contributed by atoms with E-state index in [0.717, 1.165) is 11.1 Å². The molecule has 0 aliphatic heterocycles. The number of nitrogen functional groups attached to an aromatic ring is 2. The average Bonchev–Trinajstić information content (AvgIpc) is 2.77. The monoisotopic (exact) mass is 406 g/mol. The summed E-state index contributed by atoms with van der Waals surface area (Å²) in [5.74, 6) is -0.698. The lowest BCUT2D eigenvalue weighted by atomic mass is 10.1. The van der Waals surface area contributed by atoms with Crippen LogP contribution in [0.4, 0.5) is 11.4 Å². The lowest BCUT2D eigenvalue weighted by Gasteiger charge is -2.02. The van der Waals surface area contributed by atoms with Crippen LogP contribution < -0.4 is 11.5 Å². The minimum Gasteiger partial charge on any atom is -0.469 e. The molecule has 0 saturated heterocycles. The van der Waals surface area contributed by atoms with Gasteiger partial charge >= 0.3 is 11.9 Å². The van der Waals surface area contributed by atoms with E-state index in [9.17, 15) is 9.59 Å².